The van der Waals surface area contributed by atoms with Crippen molar-refractivity contribution >= 4 is 34.8 Å². The van der Waals surface area contributed by atoms with Crippen LogP contribution in [0.4, 0.5) is 0 Å². The number of thioether (sulfide) groups is 1. The molecule has 0 saturated carbocycles. The van der Waals surface area contributed by atoms with Crippen molar-refractivity contribution in [3.8, 4) is 0 Å². The van der Waals surface area contributed by atoms with Crippen LogP contribution in [0.15, 0.2) is 88.0 Å². The lowest BCUT2D eigenvalue weighted by Gasteiger charge is -2.03. The molecular weight excluding hydrogens is 398 g/mol. The molecule has 0 saturated heterocycles. The summed E-state index contributed by atoms with van der Waals surface area (Å²) < 4.78 is 5.04. The molecular formula is C24H21NO4S. The minimum Gasteiger partial charge on any atom is -0.506 e. The van der Waals surface area contributed by atoms with E-state index in [9.17, 15) is 14.7 Å². The van der Waals surface area contributed by atoms with Gasteiger partial charge in [0.1, 0.15) is 16.4 Å². The summed E-state index contributed by atoms with van der Waals surface area (Å²) >= 11 is 1.06. The summed E-state index contributed by atoms with van der Waals surface area (Å²) in [5, 5.41) is 10.7. The fourth-order valence-electron chi connectivity index (χ4n) is 2.67. The van der Waals surface area contributed by atoms with Crippen LogP contribution in [0.2, 0.25) is 0 Å². The quantitative estimate of drug-likeness (QED) is 0.670. The average molecular weight is 420 g/mol. The van der Waals surface area contributed by atoms with E-state index in [-0.39, 0.29) is 23.0 Å². The number of rotatable bonds is 5. The Morgan fingerprint density at radius 3 is 2.47 bits per heavy atom. The summed E-state index contributed by atoms with van der Waals surface area (Å²) in [5.74, 6) is -1.45. The molecule has 1 aliphatic heterocycles. The Bertz CT molecular complexity index is 1060. The number of ether oxygens (including phenoxy) is 1. The number of aliphatic hydroxyl groups is 1. The second-order valence-electron chi connectivity index (χ2n) is 6.43. The number of benzene rings is 2. The van der Waals surface area contributed by atoms with Crippen LogP contribution >= 0.6 is 11.8 Å². The van der Waals surface area contributed by atoms with Crippen molar-refractivity contribution in [2.45, 2.75) is 13.8 Å². The molecule has 0 atom stereocenters. The molecule has 1 N–H and O–H groups in total. The highest BCUT2D eigenvalue weighted by Gasteiger charge is 2.33. The molecule has 1 amide bonds. The minimum atomic E-state index is -0.714. The molecule has 0 aromatic heterocycles. The van der Waals surface area contributed by atoms with Gasteiger partial charge in [-0.1, -0.05) is 71.9 Å². The molecule has 6 heteroatoms. The summed E-state index contributed by atoms with van der Waals surface area (Å²) in [4.78, 5) is 29.4. The van der Waals surface area contributed by atoms with Gasteiger partial charge in [0.15, 0.2) is 0 Å². The van der Waals surface area contributed by atoms with Crippen LogP contribution in [0, 0.1) is 6.92 Å². The third-order valence-electron chi connectivity index (χ3n) is 4.21. The molecule has 30 heavy (non-hydrogen) atoms. The van der Waals surface area contributed by atoms with Crippen molar-refractivity contribution in [1.29, 1.82) is 0 Å². The van der Waals surface area contributed by atoms with Gasteiger partial charge in [-0.15, -0.1) is 0 Å². The first kappa shape index (κ1) is 21.3. The fourth-order valence-corrected chi connectivity index (χ4v) is 3.63. The van der Waals surface area contributed by atoms with Crippen LogP contribution in [-0.2, 0) is 9.53 Å². The van der Waals surface area contributed by atoms with Gasteiger partial charge in [-0.05, 0) is 37.6 Å². The Morgan fingerprint density at radius 1 is 1.10 bits per heavy atom. The largest absolute Gasteiger partial charge is 0.506 e. The van der Waals surface area contributed by atoms with E-state index in [2.05, 4.69) is 4.99 Å². The first-order valence-corrected chi connectivity index (χ1v) is 10.2. The van der Waals surface area contributed by atoms with Gasteiger partial charge < -0.3 is 9.84 Å². The van der Waals surface area contributed by atoms with Crippen LogP contribution < -0.4 is 0 Å². The molecule has 0 aliphatic carbocycles. The van der Waals surface area contributed by atoms with Gasteiger partial charge in [-0.3, -0.25) is 4.79 Å². The SMILES string of the molecule is CCOC(=O)C1=C(O)C(=CC=Cc2ccccc2)SC1=NC(=O)c1ccc(C)cc1. The van der Waals surface area contributed by atoms with Crippen molar-refractivity contribution < 1.29 is 19.4 Å². The lowest BCUT2D eigenvalue weighted by atomic mass is 10.1. The third kappa shape index (κ3) is 5.15. The van der Waals surface area contributed by atoms with Crippen LogP contribution in [0.5, 0.6) is 0 Å². The molecule has 0 spiro atoms. The number of hydrogen-bond acceptors (Lipinski definition) is 5. The Morgan fingerprint density at radius 2 is 1.80 bits per heavy atom. The van der Waals surface area contributed by atoms with Crippen LogP contribution in [-0.4, -0.2) is 28.6 Å². The molecule has 0 bridgehead atoms. The summed E-state index contributed by atoms with van der Waals surface area (Å²) in [6, 6.07) is 16.7. The third-order valence-corrected chi connectivity index (χ3v) is 5.25. The van der Waals surface area contributed by atoms with E-state index < -0.39 is 11.9 Å². The molecule has 1 aliphatic rings. The van der Waals surface area contributed by atoms with E-state index in [1.807, 2.05) is 55.5 Å². The summed E-state index contributed by atoms with van der Waals surface area (Å²) in [7, 11) is 0. The van der Waals surface area contributed by atoms with E-state index in [1.54, 1.807) is 31.2 Å². The van der Waals surface area contributed by atoms with Crippen molar-refractivity contribution in [1.82, 2.24) is 0 Å². The van der Waals surface area contributed by atoms with E-state index in [4.69, 9.17) is 4.74 Å². The molecule has 2 aromatic rings. The van der Waals surface area contributed by atoms with Crippen molar-refractivity contribution in [3.05, 3.63) is 99.7 Å². The standard InChI is InChI=1S/C24H21NO4S/c1-3-29-24(28)20-21(26)19(11-7-10-17-8-5-4-6-9-17)30-23(20)25-22(27)18-14-12-16(2)13-15-18/h4-15,26H,3H2,1-2H3. The monoisotopic (exact) mass is 419 g/mol. The van der Waals surface area contributed by atoms with Gasteiger partial charge in [0, 0.05) is 5.56 Å². The number of aliphatic imine (C=N–C) groups is 1. The number of esters is 1. The van der Waals surface area contributed by atoms with Gasteiger partial charge >= 0.3 is 5.97 Å². The summed E-state index contributed by atoms with van der Waals surface area (Å²) in [6.45, 7) is 3.74. The first-order valence-electron chi connectivity index (χ1n) is 9.41. The minimum absolute atomic E-state index is 0.0957. The number of nitrogens with zero attached hydrogens (tertiary/aromatic N) is 1. The molecule has 0 unspecified atom stereocenters. The zero-order valence-corrected chi connectivity index (χ0v) is 17.5. The second-order valence-corrected chi connectivity index (χ2v) is 7.47. The van der Waals surface area contributed by atoms with Crippen molar-refractivity contribution in [2.75, 3.05) is 6.61 Å². The molecule has 0 fully saturated rings. The number of aliphatic hydroxyl groups excluding tert-OH is 1. The number of carbonyl (C=O) groups excluding carboxylic acids is 2. The van der Waals surface area contributed by atoms with Crippen molar-refractivity contribution in [2.24, 2.45) is 4.99 Å². The second kappa shape index (κ2) is 9.89. The van der Waals surface area contributed by atoms with E-state index >= 15 is 0 Å². The zero-order chi connectivity index (χ0) is 21.5. The molecule has 0 radical (unpaired) electrons. The Balaban J connectivity index is 1.91. The smallest absolute Gasteiger partial charge is 0.344 e. The predicted molar refractivity (Wildman–Crippen MR) is 120 cm³/mol. The topological polar surface area (TPSA) is 76.0 Å². The maximum atomic E-state index is 12.6. The maximum Gasteiger partial charge on any atom is 0.344 e. The molecule has 152 valence electrons. The Hall–Kier alpha value is -3.38. The summed E-state index contributed by atoms with van der Waals surface area (Å²) in [5.41, 5.74) is 2.32. The van der Waals surface area contributed by atoms with E-state index in [0.717, 1.165) is 22.9 Å². The Labute approximate surface area is 179 Å². The fraction of sp³-hybridized carbons (Fsp3) is 0.125. The van der Waals surface area contributed by atoms with Crippen LogP contribution in [0.1, 0.15) is 28.4 Å². The van der Waals surface area contributed by atoms with Gasteiger partial charge in [-0.2, -0.15) is 0 Å². The number of amides is 1. The van der Waals surface area contributed by atoms with Crippen molar-refractivity contribution in [3.63, 3.8) is 0 Å². The highest BCUT2D eigenvalue weighted by atomic mass is 32.2. The van der Waals surface area contributed by atoms with Gasteiger partial charge in [-0.25, -0.2) is 9.79 Å². The highest BCUT2D eigenvalue weighted by Crippen LogP contribution is 2.38. The number of allylic oxidation sites excluding steroid dienone is 2. The molecule has 1 heterocycles. The van der Waals surface area contributed by atoms with Crippen LogP contribution in [0.3, 0.4) is 0 Å². The van der Waals surface area contributed by atoms with Gasteiger partial charge in [0.2, 0.25) is 0 Å². The van der Waals surface area contributed by atoms with Gasteiger partial charge in [0.25, 0.3) is 5.91 Å². The zero-order valence-electron chi connectivity index (χ0n) is 16.7. The number of aryl methyl sites for hydroxylation is 1. The van der Waals surface area contributed by atoms with Crippen LogP contribution in [0.25, 0.3) is 6.08 Å². The van der Waals surface area contributed by atoms with E-state index in [0.29, 0.717) is 10.5 Å². The molecule has 2 aromatic carbocycles. The first-order chi connectivity index (χ1) is 14.5. The van der Waals surface area contributed by atoms with Gasteiger partial charge in [0.05, 0.1) is 11.5 Å². The lowest BCUT2D eigenvalue weighted by Crippen LogP contribution is -2.14. The molecule has 3 rings (SSSR count). The Kier molecular flexibility index (Phi) is 7.03. The average Bonchev–Trinajstić information content (AvgIpc) is 3.04. The summed E-state index contributed by atoms with van der Waals surface area (Å²) in [6.07, 6.45) is 5.31. The lowest BCUT2D eigenvalue weighted by molar-refractivity contribution is -0.138. The predicted octanol–water partition coefficient (Wildman–Crippen LogP) is 5.25. The maximum absolute atomic E-state index is 12.6. The highest BCUT2D eigenvalue weighted by molar-refractivity contribution is 8.18. The normalized spacial score (nSPS) is 16.6. The molecule has 5 nitrogen and oxygen atoms in total. The van der Waals surface area contributed by atoms with E-state index in [1.165, 1.54) is 0 Å². The number of hydrogen-bond donors (Lipinski definition) is 1. The number of carbonyl (C=O) groups is 2.